The molecule has 0 amide bonds. The van der Waals surface area contributed by atoms with E-state index in [2.05, 4.69) is 9.62 Å². The summed E-state index contributed by atoms with van der Waals surface area (Å²) in [6.07, 6.45) is 1.01. The molecule has 18 heavy (non-hydrogen) atoms. The van der Waals surface area contributed by atoms with E-state index in [1.165, 1.54) is 4.31 Å². The Hall–Kier alpha value is -0.220. The van der Waals surface area contributed by atoms with E-state index in [1.54, 1.807) is 0 Å². The van der Waals surface area contributed by atoms with Crippen LogP contribution in [0.15, 0.2) is 0 Å². The first-order chi connectivity index (χ1) is 8.24. The Morgan fingerprint density at radius 3 is 2.06 bits per heavy atom. The predicted molar refractivity (Wildman–Crippen MR) is 70.3 cm³/mol. The second-order valence-corrected chi connectivity index (χ2v) is 8.24. The number of hydrogen-bond acceptors (Lipinski definition) is 5. The molecule has 0 aromatic heterocycles. The molecule has 108 valence electrons. The van der Waals surface area contributed by atoms with Crippen molar-refractivity contribution in [2.45, 2.75) is 6.92 Å². The zero-order valence-electron chi connectivity index (χ0n) is 10.8. The van der Waals surface area contributed by atoms with Crippen LogP contribution in [0, 0.1) is 0 Å². The van der Waals surface area contributed by atoms with E-state index in [0.29, 0.717) is 13.1 Å². The summed E-state index contributed by atoms with van der Waals surface area (Å²) in [5.41, 5.74) is 0. The molecular weight excluding hydrogens is 278 g/mol. The molecule has 0 bridgehead atoms. The highest BCUT2D eigenvalue weighted by atomic mass is 32.2. The first kappa shape index (κ1) is 15.8. The minimum absolute atomic E-state index is 0.0742. The average Bonchev–Trinajstić information content (AvgIpc) is 2.27. The second-order valence-electron chi connectivity index (χ2n) is 4.32. The Labute approximate surface area is 109 Å². The average molecular weight is 299 g/mol. The van der Waals surface area contributed by atoms with Crippen LogP contribution in [0.5, 0.6) is 0 Å². The van der Waals surface area contributed by atoms with Crippen molar-refractivity contribution in [3.8, 4) is 0 Å². The first-order valence-corrected chi connectivity index (χ1v) is 9.39. The lowest BCUT2D eigenvalue weighted by Crippen LogP contribution is -2.49. The quantitative estimate of drug-likeness (QED) is 0.645. The SMILES string of the molecule is CCN1CCN(S(=O)(=O)CCNS(C)(=O)=O)CC1. The summed E-state index contributed by atoms with van der Waals surface area (Å²) >= 11 is 0. The van der Waals surface area contributed by atoms with E-state index in [9.17, 15) is 16.8 Å². The first-order valence-electron chi connectivity index (χ1n) is 5.89. The highest BCUT2D eigenvalue weighted by Gasteiger charge is 2.26. The minimum Gasteiger partial charge on any atom is -0.301 e. The van der Waals surface area contributed by atoms with Crippen LogP contribution in [0.4, 0.5) is 0 Å². The van der Waals surface area contributed by atoms with Gasteiger partial charge in [-0.3, -0.25) is 0 Å². The third-order valence-corrected chi connectivity index (χ3v) is 5.50. The molecule has 0 aromatic carbocycles. The number of nitrogens with zero attached hydrogens (tertiary/aromatic N) is 2. The molecule has 7 nitrogen and oxygen atoms in total. The molecule has 0 atom stereocenters. The van der Waals surface area contributed by atoms with Crippen molar-refractivity contribution in [1.82, 2.24) is 13.9 Å². The molecule has 0 spiro atoms. The smallest absolute Gasteiger partial charge is 0.215 e. The van der Waals surface area contributed by atoms with E-state index in [-0.39, 0.29) is 12.3 Å². The molecular formula is C9H21N3O4S2. The molecule has 1 fully saturated rings. The van der Waals surface area contributed by atoms with Crippen molar-refractivity contribution in [3.05, 3.63) is 0 Å². The molecule has 0 aliphatic carbocycles. The van der Waals surface area contributed by atoms with Gasteiger partial charge in [0.05, 0.1) is 12.0 Å². The molecule has 1 aliphatic rings. The summed E-state index contributed by atoms with van der Waals surface area (Å²) in [5.74, 6) is -0.188. The van der Waals surface area contributed by atoms with Gasteiger partial charge in [0.2, 0.25) is 20.0 Å². The van der Waals surface area contributed by atoms with E-state index in [0.717, 1.165) is 25.9 Å². The van der Waals surface area contributed by atoms with E-state index < -0.39 is 20.0 Å². The topological polar surface area (TPSA) is 86.8 Å². The van der Waals surface area contributed by atoms with Crippen LogP contribution in [-0.4, -0.2) is 77.3 Å². The standard InChI is InChI=1S/C9H21N3O4S2/c1-3-11-5-7-12(8-6-11)18(15,16)9-4-10-17(2,13)14/h10H,3-9H2,1-2H3. The van der Waals surface area contributed by atoms with Gasteiger partial charge in [-0.15, -0.1) is 0 Å². The Kier molecular flexibility index (Phi) is 5.53. The van der Waals surface area contributed by atoms with Crippen LogP contribution in [0.25, 0.3) is 0 Å². The maximum absolute atomic E-state index is 11.9. The van der Waals surface area contributed by atoms with Gasteiger partial charge < -0.3 is 4.90 Å². The zero-order chi connectivity index (χ0) is 13.8. The molecule has 0 saturated carbocycles. The molecule has 0 radical (unpaired) electrons. The predicted octanol–water partition coefficient (Wildman–Crippen LogP) is -1.50. The van der Waals surface area contributed by atoms with Crippen LogP contribution in [0.2, 0.25) is 0 Å². The van der Waals surface area contributed by atoms with Crippen molar-refractivity contribution < 1.29 is 16.8 Å². The molecule has 0 aromatic rings. The molecule has 1 heterocycles. The second kappa shape index (κ2) is 6.29. The van der Waals surface area contributed by atoms with Crippen LogP contribution in [0.3, 0.4) is 0 Å². The molecule has 0 unspecified atom stereocenters. The highest BCUT2D eigenvalue weighted by molar-refractivity contribution is 7.89. The fourth-order valence-electron chi connectivity index (χ4n) is 1.81. The lowest BCUT2D eigenvalue weighted by atomic mass is 10.4. The van der Waals surface area contributed by atoms with Gasteiger partial charge in [0, 0.05) is 32.7 Å². The van der Waals surface area contributed by atoms with Crippen molar-refractivity contribution in [2.75, 3.05) is 51.3 Å². The third-order valence-electron chi connectivity index (χ3n) is 2.90. The van der Waals surface area contributed by atoms with Crippen LogP contribution >= 0.6 is 0 Å². The summed E-state index contributed by atoms with van der Waals surface area (Å²) in [6.45, 7) is 5.31. The van der Waals surface area contributed by atoms with Gasteiger partial charge in [0.1, 0.15) is 0 Å². The largest absolute Gasteiger partial charge is 0.301 e. The number of hydrogen-bond donors (Lipinski definition) is 1. The van der Waals surface area contributed by atoms with Gasteiger partial charge in [-0.25, -0.2) is 21.6 Å². The Morgan fingerprint density at radius 2 is 1.61 bits per heavy atom. The number of nitrogens with one attached hydrogen (secondary N) is 1. The molecule has 1 saturated heterocycles. The molecule has 1 aliphatic heterocycles. The maximum atomic E-state index is 11.9. The summed E-state index contributed by atoms with van der Waals surface area (Å²) in [4.78, 5) is 2.18. The lowest BCUT2D eigenvalue weighted by molar-refractivity contribution is 0.196. The maximum Gasteiger partial charge on any atom is 0.215 e. The Balaban J connectivity index is 2.45. The highest BCUT2D eigenvalue weighted by Crippen LogP contribution is 2.07. The van der Waals surface area contributed by atoms with Crippen molar-refractivity contribution in [3.63, 3.8) is 0 Å². The Morgan fingerprint density at radius 1 is 1.06 bits per heavy atom. The van der Waals surface area contributed by atoms with Gasteiger partial charge in [-0.05, 0) is 6.54 Å². The molecule has 1 N–H and O–H groups in total. The number of rotatable bonds is 6. The Bertz CT molecular complexity index is 452. The number of piperazine rings is 1. The van der Waals surface area contributed by atoms with Crippen LogP contribution in [0.1, 0.15) is 6.92 Å². The fourth-order valence-corrected chi connectivity index (χ4v) is 3.75. The van der Waals surface area contributed by atoms with Gasteiger partial charge >= 0.3 is 0 Å². The van der Waals surface area contributed by atoms with Crippen molar-refractivity contribution in [1.29, 1.82) is 0 Å². The van der Waals surface area contributed by atoms with Crippen LogP contribution < -0.4 is 4.72 Å². The minimum atomic E-state index is -3.36. The van der Waals surface area contributed by atoms with E-state index in [1.807, 2.05) is 6.92 Å². The zero-order valence-corrected chi connectivity index (χ0v) is 12.4. The fraction of sp³-hybridized carbons (Fsp3) is 1.00. The van der Waals surface area contributed by atoms with E-state index in [4.69, 9.17) is 0 Å². The summed E-state index contributed by atoms with van der Waals surface area (Å²) in [7, 11) is -6.69. The normalized spacial score (nSPS) is 20.1. The summed E-state index contributed by atoms with van der Waals surface area (Å²) < 4.78 is 49.2. The van der Waals surface area contributed by atoms with Gasteiger partial charge in [0.25, 0.3) is 0 Å². The van der Waals surface area contributed by atoms with Crippen molar-refractivity contribution in [2.24, 2.45) is 0 Å². The van der Waals surface area contributed by atoms with Gasteiger partial charge in [-0.1, -0.05) is 6.92 Å². The number of sulfonamides is 2. The monoisotopic (exact) mass is 299 g/mol. The lowest BCUT2D eigenvalue weighted by Gasteiger charge is -2.33. The van der Waals surface area contributed by atoms with Gasteiger partial charge in [0.15, 0.2) is 0 Å². The summed E-state index contributed by atoms with van der Waals surface area (Å²) in [5, 5.41) is 0. The molecule has 1 rings (SSSR count). The number of likely N-dealkylation sites (N-methyl/N-ethyl adjacent to an activating group) is 1. The summed E-state index contributed by atoms with van der Waals surface area (Å²) in [6, 6.07) is 0. The van der Waals surface area contributed by atoms with Gasteiger partial charge in [-0.2, -0.15) is 4.31 Å². The van der Waals surface area contributed by atoms with E-state index >= 15 is 0 Å². The van der Waals surface area contributed by atoms with Crippen molar-refractivity contribution >= 4 is 20.0 Å². The molecule has 9 heteroatoms. The third kappa shape index (κ3) is 5.19. The van der Waals surface area contributed by atoms with Crippen LogP contribution in [-0.2, 0) is 20.0 Å².